The molecule has 2 N–H and O–H groups in total. The van der Waals surface area contributed by atoms with Gasteiger partial charge in [0.1, 0.15) is 11.6 Å². The molecule has 0 fully saturated rings. The first-order chi connectivity index (χ1) is 13.8. The van der Waals surface area contributed by atoms with Crippen molar-refractivity contribution in [2.24, 2.45) is 0 Å². The first-order valence-electron chi connectivity index (χ1n) is 8.99. The van der Waals surface area contributed by atoms with Crippen molar-refractivity contribution in [3.05, 3.63) is 89.5 Å². The van der Waals surface area contributed by atoms with Crippen molar-refractivity contribution in [3.63, 3.8) is 0 Å². The number of hydrogen-bond acceptors (Lipinski definition) is 4. The summed E-state index contributed by atoms with van der Waals surface area (Å²) in [5.41, 5.74) is 2.06. The maximum Gasteiger partial charge on any atom is 0.182 e. The smallest absolute Gasteiger partial charge is 0.182 e. The second kappa shape index (κ2) is 8.82. The number of likely N-dealkylation sites (N-methyl/N-ethyl adjacent to an activating group) is 1. The van der Waals surface area contributed by atoms with Crippen LogP contribution in [-0.2, 0) is 15.6 Å². The molecule has 3 rings (SSSR count). The summed E-state index contributed by atoms with van der Waals surface area (Å²) in [6, 6.07) is 15.9. The molecule has 0 saturated heterocycles. The normalized spacial score (nSPS) is 12.7. The van der Waals surface area contributed by atoms with Crippen LogP contribution in [0, 0.1) is 11.6 Å². The molecule has 0 saturated carbocycles. The van der Waals surface area contributed by atoms with Crippen molar-refractivity contribution in [2.45, 2.75) is 16.7 Å². The number of aliphatic hydroxyl groups excluding tert-OH is 1. The lowest BCUT2D eigenvalue weighted by atomic mass is 10.1. The van der Waals surface area contributed by atoms with Gasteiger partial charge in [0.2, 0.25) is 0 Å². The van der Waals surface area contributed by atoms with E-state index in [4.69, 9.17) is 0 Å². The lowest BCUT2D eigenvalue weighted by Crippen LogP contribution is -2.20. The van der Waals surface area contributed by atoms with Crippen LogP contribution in [0.1, 0.15) is 17.2 Å². The highest BCUT2D eigenvalue weighted by molar-refractivity contribution is 7.90. The Morgan fingerprint density at radius 1 is 1.00 bits per heavy atom. The molecular weight excluding hydrogens is 396 g/mol. The molecule has 1 atom stereocenters. The zero-order valence-electron chi connectivity index (χ0n) is 15.8. The quantitative estimate of drug-likeness (QED) is 0.613. The third kappa shape index (κ3) is 4.87. The summed E-state index contributed by atoms with van der Waals surface area (Å²) in [5.74, 6) is -1.58. The van der Waals surface area contributed by atoms with Gasteiger partial charge in [-0.05, 0) is 48.0 Å². The Kier molecular flexibility index (Phi) is 6.42. The summed E-state index contributed by atoms with van der Waals surface area (Å²) in [5, 5.41) is 12.4. The molecule has 0 aliphatic heterocycles. The van der Waals surface area contributed by atoms with Crippen LogP contribution in [0.25, 0.3) is 11.1 Å². The molecule has 0 aliphatic rings. The van der Waals surface area contributed by atoms with Crippen LogP contribution in [0.5, 0.6) is 0 Å². The van der Waals surface area contributed by atoms with E-state index in [1.807, 2.05) is 6.07 Å². The maximum absolute atomic E-state index is 13.9. The molecule has 3 aromatic rings. The predicted octanol–water partition coefficient (Wildman–Crippen LogP) is 3.86. The molecule has 0 aromatic heterocycles. The predicted molar refractivity (Wildman–Crippen MR) is 108 cm³/mol. The van der Waals surface area contributed by atoms with Gasteiger partial charge in [-0.25, -0.2) is 17.2 Å². The maximum atomic E-state index is 13.9. The van der Waals surface area contributed by atoms with Gasteiger partial charge in [0.05, 0.1) is 23.3 Å². The molecule has 3 aromatic carbocycles. The number of sulfone groups is 1. The van der Waals surface area contributed by atoms with E-state index >= 15 is 0 Å². The molecule has 7 heteroatoms. The van der Waals surface area contributed by atoms with Gasteiger partial charge in [-0.15, -0.1) is 0 Å². The van der Waals surface area contributed by atoms with Crippen LogP contribution in [0.2, 0.25) is 0 Å². The first kappa shape index (κ1) is 21.1. The molecule has 0 amide bonds. The van der Waals surface area contributed by atoms with Gasteiger partial charge in [-0.1, -0.05) is 36.4 Å². The van der Waals surface area contributed by atoms with Gasteiger partial charge >= 0.3 is 0 Å². The van der Waals surface area contributed by atoms with Crippen molar-refractivity contribution < 1.29 is 22.3 Å². The van der Waals surface area contributed by atoms with Crippen LogP contribution >= 0.6 is 0 Å². The van der Waals surface area contributed by atoms with E-state index in [0.29, 0.717) is 11.1 Å². The lowest BCUT2D eigenvalue weighted by Gasteiger charge is -2.14. The van der Waals surface area contributed by atoms with E-state index in [2.05, 4.69) is 5.32 Å². The van der Waals surface area contributed by atoms with Crippen molar-refractivity contribution in [1.29, 1.82) is 0 Å². The highest BCUT2D eigenvalue weighted by atomic mass is 32.2. The fourth-order valence-electron chi connectivity index (χ4n) is 3.13. The van der Waals surface area contributed by atoms with E-state index < -0.39 is 21.5 Å². The summed E-state index contributed by atoms with van der Waals surface area (Å²) in [6.45, 7) is -0.103. The number of hydrogen-bond donors (Lipinski definition) is 2. The van der Waals surface area contributed by atoms with Crippen LogP contribution < -0.4 is 5.32 Å². The SMILES string of the molecule is CNC(CO)c1cccc(CS(=O)(=O)c2ccc(-c3ccc(F)cc3F)cc2)c1. The number of halogens is 2. The summed E-state index contributed by atoms with van der Waals surface area (Å²) < 4.78 is 52.6. The summed E-state index contributed by atoms with van der Waals surface area (Å²) in [4.78, 5) is 0.112. The standard InChI is InChI=1S/C22H21F2NO3S/c1-25-22(13-26)17-4-2-3-15(11-17)14-29(27,28)19-8-5-16(6-9-19)20-10-7-18(23)12-21(20)24/h2-12,22,25-26H,13-14H2,1H3. The van der Waals surface area contributed by atoms with E-state index in [-0.39, 0.29) is 28.9 Å². The van der Waals surface area contributed by atoms with Crippen molar-refractivity contribution in [2.75, 3.05) is 13.7 Å². The van der Waals surface area contributed by atoms with Crippen LogP contribution in [0.4, 0.5) is 8.78 Å². The Bertz CT molecular complexity index is 1100. The second-order valence-corrected chi connectivity index (χ2v) is 8.67. The zero-order chi connectivity index (χ0) is 21.0. The molecule has 29 heavy (non-hydrogen) atoms. The highest BCUT2D eigenvalue weighted by Gasteiger charge is 2.17. The summed E-state index contributed by atoms with van der Waals surface area (Å²) in [6.07, 6.45) is 0. The third-order valence-corrected chi connectivity index (χ3v) is 6.40. The molecule has 4 nitrogen and oxygen atoms in total. The molecule has 0 aliphatic carbocycles. The zero-order valence-corrected chi connectivity index (χ0v) is 16.6. The van der Waals surface area contributed by atoms with Gasteiger partial charge < -0.3 is 10.4 Å². The van der Waals surface area contributed by atoms with E-state index in [9.17, 15) is 22.3 Å². The van der Waals surface area contributed by atoms with Crippen molar-refractivity contribution in [3.8, 4) is 11.1 Å². The van der Waals surface area contributed by atoms with E-state index in [1.54, 1.807) is 25.2 Å². The van der Waals surface area contributed by atoms with Gasteiger partial charge in [0.25, 0.3) is 0 Å². The van der Waals surface area contributed by atoms with Crippen molar-refractivity contribution in [1.82, 2.24) is 5.32 Å². The van der Waals surface area contributed by atoms with Crippen LogP contribution in [0.3, 0.4) is 0 Å². The minimum Gasteiger partial charge on any atom is -0.394 e. The molecule has 152 valence electrons. The average Bonchev–Trinajstić information content (AvgIpc) is 2.69. The molecule has 0 radical (unpaired) electrons. The van der Waals surface area contributed by atoms with Gasteiger partial charge in [-0.3, -0.25) is 0 Å². The lowest BCUT2D eigenvalue weighted by molar-refractivity contribution is 0.251. The monoisotopic (exact) mass is 417 g/mol. The van der Waals surface area contributed by atoms with Gasteiger partial charge in [-0.2, -0.15) is 0 Å². The number of nitrogens with one attached hydrogen (secondary N) is 1. The fraction of sp³-hybridized carbons (Fsp3) is 0.182. The Labute approximate surface area is 168 Å². The van der Waals surface area contributed by atoms with Crippen LogP contribution in [-0.4, -0.2) is 27.2 Å². The molecule has 0 bridgehead atoms. The van der Waals surface area contributed by atoms with Gasteiger partial charge in [0.15, 0.2) is 9.84 Å². The Hall–Kier alpha value is -2.61. The Balaban J connectivity index is 1.84. The first-order valence-corrected chi connectivity index (χ1v) is 10.6. The van der Waals surface area contributed by atoms with Crippen molar-refractivity contribution >= 4 is 9.84 Å². The molecule has 0 heterocycles. The topological polar surface area (TPSA) is 66.4 Å². The Morgan fingerprint density at radius 3 is 2.34 bits per heavy atom. The summed E-state index contributed by atoms with van der Waals surface area (Å²) in [7, 11) is -1.90. The fourth-order valence-corrected chi connectivity index (χ4v) is 4.47. The summed E-state index contributed by atoms with van der Waals surface area (Å²) >= 11 is 0. The number of rotatable bonds is 7. The third-order valence-electron chi connectivity index (χ3n) is 4.70. The second-order valence-electron chi connectivity index (χ2n) is 6.68. The minimum absolute atomic E-state index is 0.103. The molecular formula is C22H21F2NO3S. The minimum atomic E-state index is -3.62. The molecule has 0 spiro atoms. The molecule has 1 unspecified atom stereocenters. The van der Waals surface area contributed by atoms with Crippen LogP contribution in [0.15, 0.2) is 71.6 Å². The van der Waals surface area contributed by atoms with E-state index in [0.717, 1.165) is 17.7 Å². The number of aliphatic hydroxyl groups is 1. The van der Waals surface area contributed by atoms with E-state index in [1.165, 1.54) is 30.3 Å². The van der Waals surface area contributed by atoms with Gasteiger partial charge in [0, 0.05) is 11.6 Å². The number of benzene rings is 3. The Morgan fingerprint density at radius 2 is 1.72 bits per heavy atom. The highest BCUT2D eigenvalue weighted by Crippen LogP contribution is 2.26. The largest absolute Gasteiger partial charge is 0.394 e. The average molecular weight is 417 g/mol.